The zero-order valence-corrected chi connectivity index (χ0v) is 11.8. The minimum atomic E-state index is -0.207. The van der Waals surface area contributed by atoms with E-state index in [1.54, 1.807) is 12.1 Å². The van der Waals surface area contributed by atoms with Gasteiger partial charge in [-0.2, -0.15) is 0 Å². The van der Waals surface area contributed by atoms with Gasteiger partial charge in [-0.15, -0.1) is 0 Å². The highest BCUT2D eigenvalue weighted by Crippen LogP contribution is 2.21. The van der Waals surface area contributed by atoms with Crippen LogP contribution in [-0.2, 0) is 0 Å². The second-order valence-electron chi connectivity index (χ2n) is 4.72. The lowest BCUT2D eigenvalue weighted by atomic mass is 10.0. The lowest BCUT2D eigenvalue weighted by molar-refractivity contribution is 0.492. The van der Waals surface area contributed by atoms with Crippen LogP contribution in [0.3, 0.4) is 0 Å². The first-order chi connectivity index (χ1) is 9.06. The van der Waals surface area contributed by atoms with Crippen LogP contribution < -0.4 is 5.32 Å². The molecule has 0 aliphatic heterocycles. The highest BCUT2D eigenvalue weighted by atomic mass is 35.5. The second-order valence-corrected chi connectivity index (χ2v) is 5.16. The molecule has 0 radical (unpaired) electrons. The standard InChI is InChI=1S/C16H17ClFN/c1-11(13-5-3-7-15(17)9-13)19-12(2)14-6-4-8-16(18)10-14/h3-12,19H,1-2H3/t11?,12-/m1/s1. The summed E-state index contributed by atoms with van der Waals surface area (Å²) in [6.45, 7) is 4.09. The fourth-order valence-corrected chi connectivity index (χ4v) is 2.32. The number of hydrogen-bond acceptors (Lipinski definition) is 1. The summed E-state index contributed by atoms with van der Waals surface area (Å²) >= 11 is 5.99. The van der Waals surface area contributed by atoms with Crippen LogP contribution in [0.4, 0.5) is 4.39 Å². The molecule has 19 heavy (non-hydrogen) atoms. The normalized spacial score (nSPS) is 14.1. The molecule has 0 bridgehead atoms. The lowest BCUT2D eigenvalue weighted by Gasteiger charge is -2.21. The monoisotopic (exact) mass is 277 g/mol. The summed E-state index contributed by atoms with van der Waals surface area (Å²) in [4.78, 5) is 0. The van der Waals surface area contributed by atoms with Crippen LogP contribution in [0.5, 0.6) is 0 Å². The van der Waals surface area contributed by atoms with Gasteiger partial charge >= 0.3 is 0 Å². The number of rotatable bonds is 4. The SMILES string of the molecule is CC(N[C@H](C)c1cccc(F)c1)c1cccc(Cl)c1. The van der Waals surface area contributed by atoms with Crippen LogP contribution in [0.2, 0.25) is 5.02 Å². The topological polar surface area (TPSA) is 12.0 Å². The maximum Gasteiger partial charge on any atom is 0.123 e. The molecule has 2 aromatic carbocycles. The van der Waals surface area contributed by atoms with Gasteiger partial charge in [0.15, 0.2) is 0 Å². The van der Waals surface area contributed by atoms with Gasteiger partial charge in [-0.1, -0.05) is 35.9 Å². The Bertz CT molecular complexity index is 506. The first-order valence-corrected chi connectivity index (χ1v) is 6.71. The minimum absolute atomic E-state index is 0.0738. The molecule has 0 amide bonds. The van der Waals surface area contributed by atoms with Gasteiger partial charge in [-0.05, 0) is 49.2 Å². The van der Waals surface area contributed by atoms with E-state index in [2.05, 4.69) is 12.2 Å². The third kappa shape index (κ3) is 3.79. The second kappa shape index (κ2) is 6.18. The Labute approximate surface area is 118 Å². The van der Waals surface area contributed by atoms with E-state index in [0.717, 1.165) is 16.1 Å². The van der Waals surface area contributed by atoms with E-state index >= 15 is 0 Å². The van der Waals surface area contributed by atoms with E-state index in [4.69, 9.17) is 11.6 Å². The average Bonchev–Trinajstić information content (AvgIpc) is 2.38. The molecule has 100 valence electrons. The predicted molar refractivity (Wildman–Crippen MR) is 77.8 cm³/mol. The summed E-state index contributed by atoms with van der Waals surface area (Å²) in [6, 6.07) is 14.6. The van der Waals surface area contributed by atoms with Crippen molar-refractivity contribution in [2.75, 3.05) is 0 Å². The summed E-state index contributed by atoms with van der Waals surface area (Å²) in [5.74, 6) is -0.207. The zero-order valence-electron chi connectivity index (χ0n) is 11.0. The summed E-state index contributed by atoms with van der Waals surface area (Å²) in [5, 5.41) is 4.17. The fourth-order valence-electron chi connectivity index (χ4n) is 2.12. The van der Waals surface area contributed by atoms with Crippen molar-refractivity contribution in [3.63, 3.8) is 0 Å². The van der Waals surface area contributed by atoms with E-state index in [1.807, 2.05) is 37.3 Å². The van der Waals surface area contributed by atoms with Gasteiger partial charge in [-0.25, -0.2) is 4.39 Å². The summed E-state index contributed by atoms with van der Waals surface area (Å²) in [7, 11) is 0. The van der Waals surface area contributed by atoms with Crippen molar-refractivity contribution in [3.05, 3.63) is 70.5 Å². The average molecular weight is 278 g/mol. The van der Waals surface area contributed by atoms with Crippen molar-refractivity contribution < 1.29 is 4.39 Å². The molecule has 2 atom stereocenters. The molecule has 1 unspecified atom stereocenters. The molecule has 2 rings (SSSR count). The van der Waals surface area contributed by atoms with Crippen molar-refractivity contribution in [1.29, 1.82) is 0 Å². The molecule has 0 fully saturated rings. The largest absolute Gasteiger partial charge is 0.304 e. The van der Waals surface area contributed by atoms with Gasteiger partial charge in [0.05, 0.1) is 0 Å². The number of halogens is 2. The van der Waals surface area contributed by atoms with Crippen LogP contribution in [-0.4, -0.2) is 0 Å². The third-order valence-corrected chi connectivity index (χ3v) is 3.43. The highest BCUT2D eigenvalue weighted by Gasteiger charge is 2.11. The molecular formula is C16H17ClFN. The van der Waals surface area contributed by atoms with Gasteiger partial charge in [-0.3, -0.25) is 0 Å². The van der Waals surface area contributed by atoms with Crippen molar-refractivity contribution >= 4 is 11.6 Å². The molecule has 2 aromatic rings. The molecule has 0 aromatic heterocycles. The molecule has 0 spiro atoms. The number of nitrogens with one attached hydrogen (secondary N) is 1. The van der Waals surface area contributed by atoms with E-state index in [0.29, 0.717) is 0 Å². The van der Waals surface area contributed by atoms with Crippen LogP contribution in [0, 0.1) is 5.82 Å². The molecule has 1 N–H and O–H groups in total. The highest BCUT2D eigenvalue weighted by molar-refractivity contribution is 6.30. The Morgan fingerprint density at radius 3 is 2.11 bits per heavy atom. The Morgan fingerprint density at radius 2 is 1.53 bits per heavy atom. The van der Waals surface area contributed by atoms with E-state index < -0.39 is 0 Å². The minimum Gasteiger partial charge on any atom is -0.304 e. The lowest BCUT2D eigenvalue weighted by Crippen LogP contribution is -2.22. The zero-order chi connectivity index (χ0) is 13.8. The molecule has 0 saturated heterocycles. The van der Waals surface area contributed by atoms with Crippen molar-refractivity contribution in [1.82, 2.24) is 5.32 Å². The van der Waals surface area contributed by atoms with E-state index in [1.165, 1.54) is 6.07 Å². The van der Waals surface area contributed by atoms with Crippen molar-refractivity contribution in [3.8, 4) is 0 Å². The Hall–Kier alpha value is -1.38. The summed E-state index contributed by atoms with van der Waals surface area (Å²) in [5.41, 5.74) is 2.06. The summed E-state index contributed by atoms with van der Waals surface area (Å²) in [6.07, 6.45) is 0. The van der Waals surface area contributed by atoms with Crippen molar-refractivity contribution in [2.24, 2.45) is 0 Å². The molecule has 3 heteroatoms. The van der Waals surface area contributed by atoms with Crippen LogP contribution in [0.1, 0.15) is 37.1 Å². The van der Waals surface area contributed by atoms with Crippen LogP contribution >= 0.6 is 11.6 Å². The molecule has 0 aliphatic carbocycles. The molecule has 0 aliphatic rings. The Balaban J connectivity index is 2.08. The fraction of sp³-hybridized carbons (Fsp3) is 0.250. The van der Waals surface area contributed by atoms with Crippen molar-refractivity contribution in [2.45, 2.75) is 25.9 Å². The van der Waals surface area contributed by atoms with Gasteiger partial charge in [0.2, 0.25) is 0 Å². The van der Waals surface area contributed by atoms with Crippen LogP contribution in [0.15, 0.2) is 48.5 Å². The van der Waals surface area contributed by atoms with Crippen LogP contribution in [0.25, 0.3) is 0 Å². The third-order valence-electron chi connectivity index (χ3n) is 3.20. The quantitative estimate of drug-likeness (QED) is 0.839. The maximum atomic E-state index is 13.2. The number of benzene rings is 2. The Kier molecular flexibility index (Phi) is 4.56. The Morgan fingerprint density at radius 1 is 0.947 bits per heavy atom. The summed E-state index contributed by atoms with van der Waals surface area (Å²) < 4.78 is 13.2. The maximum absolute atomic E-state index is 13.2. The first-order valence-electron chi connectivity index (χ1n) is 6.33. The smallest absolute Gasteiger partial charge is 0.123 e. The molecule has 0 heterocycles. The predicted octanol–water partition coefficient (Wildman–Crippen LogP) is 4.89. The van der Waals surface area contributed by atoms with Gasteiger partial charge < -0.3 is 5.32 Å². The molecule has 0 saturated carbocycles. The van der Waals surface area contributed by atoms with E-state index in [9.17, 15) is 4.39 Å². The van der Waals surface area contributed by atoms with E-state index in [-0.39, 0.29) is 17.9 Å². The first kappa shape index (κ1) is 14.0. The molecular weight excluding hydrogens is 261 g/mol. The van der Waals surface area contributed by atoms with Gasteiger partial charge in [0.25, 0.3) is 0 Å². The number of hydrogen-bond donors (Lipinski definition) is 1. The molecule has 1 nitrogen and oxygen atoms in total. The van der Waals surface area contributed by atoms with Gasteiger partial charge in [0, 0.05) is 17.1 Å². The van der Waals surface area contributed by atoms with Gasteiger partial charge in [0.1, 0.15) is 5.82 Å².